The quantitative estimate of drug-likeness (QED) is 0.374. The minimum absolute atomic E-state index is 0.0337. The maximum atomic E-state index is 14.2. The van der Waals surface area contributed by atoms with Crippen LogP contribution in [0.3, 0.4) is 0 Å². The predicted octanol–water partition coefficient (Wildman–Crippen LogP) is 4.23. The second kappa shape index (κ2) is 12.1. The number of aromatic nitrogens is 1. The molecule has 1 aliphatic rings. The van der Waals surface area contributed by atoms with Crippen molar-refractivity contribution in [1.82, 2.24) is 9.69 Å². The van der Waals surface area contributed by atoms with Crippen molar-refractivity contribution in [3.8, 4) is 5.75 Å². The number of aryl methyl sites for hydroxylation is 1. The van der Waals surface area contributed by atoms with E-state index in [1.54, 1.807) is 31.4 Å². The zero-order valence-electron chi connectivity index (χ0n) is 21.6. The Kier molecular flexibility index (Phi) is 8.62. The normalized spacial score (nSPS) is 14.5. The monoisotopic (exact) mass is 535 g/mol. The van der Waals surface area contributed by atoms with Crippen LogP contribution in [0.5, 0.6) is 5.75 Å². The molecule has 200 valence electrons. The van der Waals surface area contributed by atoms with Crippen LogP contribution >= 0.6 is 11.5 Å². The molecule has 0 bridgehead atoms. The van der Waals surface area contributed by atoms with Gasteiger partial charge >= 0.3 is 0 Å². The molecule has 0 aliphatic heterocycles. The highest BCUT2D eigenvalue weighted by molar-refractivity contribution is 7.09. The number of nitrogen functional groups attached to an aromatic ring is 1. The summed E-state index contributed by atoms with van der Waals surface area (Å²) in [4.78, 5) is 41.4. The Bertz CT molecular complexity index is 1280. The third-order valence-electron chi connectivity index (χ3n) is 6.89. The van der Waals surface area contributed by atoms with Gasteiger partial charge in [-0.1, -0.05) is 50.5 Å². The molecule has 4 rings (SSSR count). The van der Waals surface area contributed by atoms with Gasteiger partial charge in [-0.2, -0.15) is 4.37 Å². The number of benzene rings is 2. The highest BCUT2D eigenvalue weighted by atomic mass is 32.1. The molecule has 3 aromatic rings. The molecule has 1 aliphatic carbocycles. The first-order chi connectivity index (χ1) is 18.3. The standard InChI is InChI=1S/C28H33N5O4S/c1-3-17-9-13-20(14-10-17)33(28(36)25-22(29)23(26(30)34)32-38-25)24(18-11-15-21(37-2)16-12-18)27(35)31-19-7-5-4-6-8-19/h9-16,19,24H,3-8,29H2,1-2H3,(H2,30,34)(H,31,35). The third-order valence-corrected chi connectivity index (χ3v) is 7.74. The average Bonchev–Trinajstić information content (AvgIpc) is 3.33. The maximum Gasteiger partial charge on any atom is 0.273 e. The molecule has 0 radical (unpaired) electrons. The molecule has 2 aromatic carbocycles. The first-order valence-electron chi connectivity index (χ1n) is 12.8. The topological polar surface area (TPSA) is 141 Å². The largest absolute Gasteiger partial charge is 0.497 e. The number of carbonyl (C=O) groups excluding carboxylic acids is 3. The SMILES string of the molecule is CCc1ccc(N(C(=O)c2snc(C(N)=O)c2N)C(C(=O)NC2CCCCC2)c2ccc(OC)cc2)cc1. The van der Waals surface area contributed by atoms with Gasteiger partial charge in [0, 0.05) is 11.7 Å². The van der Waals surface area contributed by atoms with E-state index in [4.69, 9.17) is 16.2 Å². The van der Waals surface area contributed by atoms with E-state index >= 15 is 0 Å². The zero-order valence-corrected chi connectivity index (χ0v) is 22.4. The molecule has 38 heavy (non-hydrogen) atoms. The van der Waals surface area contributed by atoms with E-state index in [0.29, 0.717) is 17.0 Å². The van der Waals surface area contributed by atoms with Crippen molar-refractivity contribution < 1.29 is 19.1 Å². The van der Waals surface area contributed by atoms with E-state index in [9.17, 15) is 14.4 Å². The van der Waals surface area contributed by atoms with Gasteiger partial charge in [-0.05, 0) is 66.2 Å². The lowest BCUT2D eigenvalue weighted by Crippen LogP contribution is -2.47. The fourth-order valence-electron chi connectivity index (χ4n) is 4.75. The molecule has 1 fully saturated rings. The molecule has 1 atom stereocenters. The Balaban J connectivity index is 1.83. The third kappa shape index (κ3) is 5.80. The molecule has 0 saturated heterocycles. The van der Waals surface area contributed by atoms with Crippen molar-refractivity contribution in [3.63, 3.8) is 0 Å². The highest BCUT2D eigenvalue weighted by Crippen LogP contribution is 2.34. The molecular weight excluding hydrogens is 502 g/mol. The number of anilines is 2. The fourth-order valence-corrected chi connectivity index (χ4v) is 5.49. The average molecular weight is 536 g/mol. The van der Waals surface area contributed by atoms with Crippen LogP contribution in [0.25, 0.3) is 0 Å². The van der Waals surface area contributed by atoms with Crippen LogP contribution in [0.1, 0.15) is 76.4 Å². The van der Waals surface area contributed by atoms with Crippen LogP contribution in [0.15, 0.2) is 48.5 Å². The van der Waals surface area contributed by atoms with Crippen LogP contribution in [0.4, 0.5) is 11.4 Å². The molecule has 1 heterocycles. The van der Waals surface area contributed by atoms with E-state index in [-0.39, 0.29) is 28.2 Å². The minimum Gasteiger partial charge on any atom is -0.497 e. The molecule has 10 heteroatoms. The van der Waals surface area contributed by atoms with Crippen molar-refractivity contribution in [1.29, 1.82) is 0 Å². The van der Waals surface area contributed by atoms with Gasteiger partial charge < -0.3 is 21.5 Å². The predicted molar refractivity (Wildman–Crippen MR) is 148 cm³/mol. The summed E-state index contributed by atoms with van der Waals surface area (Å²) < 4.78 is 9.32. The van der Waals surface area contributed by atoms with E-state index < -0.39 is 17.9 Å². The van der Waals surface area contributed by atoms with Gasteiger partial charge in [0.1, 0.15) is 16.7 Å². The summed E-state index contributed by atoms with van der Waals surface area (Å²) in [5.41, 5.74) is 13.5. The fraction of sp³-hybridized carbons (Fsp3) is 0.357. The van der Waals surface area contributed by atoms with Gasteiger partial charge in [-0.15, -0.1) is 0 Å². The van der Waals surface area contributed by atoms with E-state index in [2.05, 4.69) is 9.69 Å². The summed E-state index contributed by atoms with van der Waals surface area (Å²) in [5, 5.41) is 3.18. The van der Waals surface area contributed by atoms with E-state index in [1.165, 1.54) is 4.90 Å². The summed E-state index contributed by atoms with van der Waals surface area (Å²) in [7, 11) is 1.57. The Morgan fingerprint density at radius 3 is 2.29 bits per heavy atom. The molecular formula is C28H33N5O4S. The second-order valence-electron chi connectivity index (χ2n) is 9.35. The molecule has 0 spiro atoms. The molecule has 5 N–H and O–H groups in total. The number of rotatable bonds is 9. The van der Waals surface area contributed by atoms with Gasteiger partial charge in [-0.3, -0.25) is 19.3 Å². The van der Waals surface area contributed by atoms with E-state index in [1.807, 2.05) is 31.2 Å². The van der Waals surface area contributed by atoms with Crippen LogP contribution < -0.4 is 26.4 Å². The number of nitrogens with one attached hydrogen (secondary N) is 1. The molecule has 1 aromatic heterocycles. The molecule has 1 unspecified atom stereocenters. The van der Waals surface area contributed by atoms with Crippen LogP contribution in [0, 0.1) is 0 Å². The first kappa shape index (κ1) is 27.1. The smallest absolute Gasteiger partial charge is 0.273 e. The lowest BCUT2D eigenvalue weighted by molar-refractivity contribution is -0.123. The first-order valence-corrected chi connectivity index (χ1v) is 13.5. The Hall–Kier alpha value is -3.92. The number of carbonyl (C=O) groups is 3. The van der Waals surface area contributed by atoms with Crippen molar-refractivity contribution in [3.05, 3.63) is 70.2 Å². The summed E-state index contributed by atoms with van der Waals surface area (Å²) >= 11 is 0.791. The minimum atomic E-state index is -1.01. The summed E-state index contributed by atoms with van der Waals surface area (Å²) in [6.45, 7) is 2.04. The molecule has 1 saturated carbocycles. The van der Waals surface area contributed by atoms with Crippen LogP contribution in [0.2, 0.25) is 0 Å². The van der Waals surface area contributed by atoms with E-state index in [0.717, 1.165) is 55.6 Å². The van der Waals surface area contributed by atoms with Crippen molar-refractivity contribution in [2.75, 3.05) is 17.7 Å². The number of hydrogen-bond acceptors (Lipinski definition) is 7. The molecule has 9 nitrogen and oxygen atoms in total. The van der Waals surface area contributed by atoms with Crippen molar-refractivity contribution in [2.45, 2.75) is 57.5 Å². The van der Waals surface area contributed by atoms with Crippen LogP contribution in [-0.2, 0) is 11.2 Å². The number of nitrogens with two attached hydrogens (primary N) is 2. The Morgan fingerprint density at radius 1 is 1.08 bits per heavy atom. The number of methoxy groups -OCH3 is 1. The second-order valence-corrected chi connectivity index (χ2v) is 10.1. The highest BCUT2D eigenvalue weighted by Gasteiger charge is 2.37. The van der Waals surface area contributed by atoms with Gasteiger partial charge in [0.05, 0.1) is 12.8 Å². The summed E-state index contributed by atoms with van der Waals surface area (Å²) in [5.74, 6) is -1.04. The Labute approximate surface area is 226 Å². The summed E-state index contributed by atoms with van der Waals surface area (Å²) in [6, 6.07) is 13.5. The van der Waals surface area contributed by atoms with Crippen molar-refractivity contribution >= 4 is 40.6 Å². The number of nitrogens with zero attached hydrogens (tertiary/aromatic N) is 2. The van der Waals surface area contributed by atoms with Gasteiger partial charge in [0.15, 0.2) is 5.69 Å². The zero-order chi connectivity index (χ0) is 27.2. The number of ether oxygens (including phenoxy) is 1. The number of hydrogen-bond donors (Lipinski definition) is 3. The van der Waals surface area contributed by atoms with Crippen LogP contribution in [-0.4, -0.2) is 35.2 Å². The van der Waals surface area contributed by atoms with Crippen molar-refractivity contribution in [2.24, 2.45) is 5.73 Å². The molecule has 3 amide bonds. The Morgan fingerprint density at radius 2 is 1.74 bits per heavy atom. The van der Waals surface area contributed by atoms with Gasteiger partial charge in [-0.25, -0.2) is 0 Å². The number of amides is 3. The van der Waals surface area contributed by atoms with Gasteiger partial charge in [0.2, 0.25) is 5.91 Å². The summed E-state index contributed by atoms with van der Waals surface area (Å²) in [6.07, 6.45) is 5.85. The number of primary amides is 1. The maximum absolute atomic E-state index is 14.2. The van der Waals surface area contributed by atoms with Gasteiger partial charge in [0.25, 0.3) is 11.8 Å². The lowest BCUT2D eigenvalue weighted by Gasteiger charge is -2.33. The lowest BCUT2D eigenvalue weighted by atomic mass is 9.94.